The van der Waals surface area contributed by atoms with E-state index in [0.717, 1.165) is 5.56 Å². The third kappa shape index (κ3) is 2.88. The molecule has 3 aromatic rings. The van der Waals surface area contributed by atoms with Crippen molar-refractivity contribution in [1.29, 1.82) is 0 Å². The van der Waals surface area contributed by atoms with Crippen LogP contribution < -0.4 is 5.76 Å². The normalized spacial score (nSPS) is 12.1. The van der Waals surface area contributed by atoms with Crippen LogP contribution in [0.2, 0.25) is 0 Å². The summed E-state index contributed by atoms with van der Waals surface area (Å²) in [6, 6.07) is 13.9. The van der Waals surface area contributed by atoms with Crippen molar-refractivity contribution >= 4 is 21.1 Å². The molecular formula is C17H18N2O4S. The predicted molar refractivity (Wildman–Crippen MR) is 91.2 cm³/mol. The number of hydrogen-bond donors (Lipinski definition) is 0. The molecule has 7 heteroatoms. The van der Waals surface area contributed by atoms with Gasteiger partial charge in [0.05, 0.1) is 10.4 Å². The molecule has 0 aliphatic rings. The minimum absolute atomic E-state index is 0.102. The monoisotopic (exact) mass is 346 g/mol. The maximum atomic E-state index is 12.7. The molecule has 0 bridgehead atoms. The highest BCUT2D eigenvalue weighted by atomic mass is 32.2. The van der Waals surface area contributed by atoms with Crippen molar-refractivity contribution in [3.63, 3.8) is 0 Å². The molecule has 0 unspecified atom stereocenters. The van der Waals surface area contributed by atoms with Gasteiger partial charge in [0.1, 0.15) is 0 Å². The van der Waals surface area contributed by atoms with Crippen molar-refractivity contribution in [2.45, 2.75) is 24.9 Å². The van der Waals surface area contributed by atoms with E-state index in [1.54, 1.807) is 6.07 Å². The number of benzene rings is 2. The maximum absolute atomic E-state index is 12.7. The van der Waals surface area contributed by atoms with Crippen molar-refractivity contribution in [2.75, 3.05) is 7.05 Å². The largest absolute Gasteiger partial charge is 0.419 e. The molecule has 1 heterocycles. The lowest BCUT2D eigenvalue weighted by Crippen LogP contribution is -2.26. The Morgan fingerprint density at radius 3 is 2.50 bits per heavy atom. The second-order valence-corrected chi connectivity index (χ2v) is 7.53. The van der Waals surface area contributed by atoms with Gasteiger partial charge in [0.2, 0.25) is 10.0 Å². The zero-order chi connectivity index (χ0) is 17.3. The third-order valence-corrected chi connectivity index (χ3v) is 5.71. The fourth-order valence-electron chi connectivity index (χ4n) is 2.61. The topological polar surface area (TPSA) is 72.5 Å². The number of fused-ring (bicyclic) bond motifs is 1. The fraction of sp³-hybridized carbons (Fsp3) is 0.235. The van der Waals surface area contributed by atoms with Gasteiger partial charge in [-0.3, -0.25) is 4.57 Å². The van der Waals surface area contributed by atoms with E-state index in [4.69, 9.17) is 4.42 Å². The van der Waals surface area contributed by atoms with Gasteiger partial charge in [-0.25, -0.2) is 13.2 Å². The van der Waals surface area contributed by atoms with Crippen molar-refractivity contribution in [3.05, 3.63) is 64.6 Å². The van der Waals surface area contributed by atoms with Gasteiger partial charge < -0.3 is 4.42 Å². The summed E-state index contributed by atoms with van der Waals surface area (Å²) < 4.78 is 33.4. The number of aromatic nitrogens is 1. The fourth-order valence-corrected chi connectivity index (χ4v) is 3.79. The van der Waals surface area contributed by atoms with Crippen molar-refractivity contribution in [3.8, 4) is 0 Å². The number of nitrogens with zero attached hydrogens (tertiary/aromatic N) is 2. The van der Waals surface area contributed by atoms with E-state index in [-0.39, 0.29) is 17.0 Å². The SMILES string of the molecule is CCn1c(=O)oc2cc(S(=O)(=O)N(C)Cc3ccccc3)ccc21. The van der Waals surface area contributed by atoms with Gasteiger partial charge in [0, 0.05) is 26.2 Å². The summed E-state index contributed by atoms with van der Waals surface area (Å²) in [7, 11) is -2.15. The third-order valence-electron chi connectivity index (χ3n) is 3.91. The highest BCUT2D eigenvalue weighted by Gasteiger charge is 2.22. The van der Waals surface area contributed by atoms with Gasteiger partial charge in [-0.05, 0) is 24.6 Å². The lowest BCUT2D eigenvalue weighted by atomic mass is 10.2. The Morgan fingerprint density at radius 2 is 1.83 bits per heavy atom. The Bertz CT molecular complexity index is 1020. The number of sulfonamides is 1. The zero-order valence-corrected chi connectivity index (χ0v) is 14.3. The molecule has 24 heavy (non-hydrogen) atoms. The molecule has 0 saturated carbocycles. The average molecular weight is 346 g/mol. The van der Waals surface area contributed by atoms with Crippen LogP contribution in [0, 0.1) is 0 Å². The summed E-state index contributed by atoms with van der Waals surface area (Å²) in [5, 5.41) is 0. The van der Waals surface area contributed by atoms with Crippen LogP contribution in [0.25, 0.3) is 11.1 Å². The van der Waals surface area contributed by atoms with Gasteiger partial charge >= 0.3 is 5.76 Å². The van der Waals surface area contributed by atoms with Gasteiger partial charge in [-0.1, -0.05) is 30.3 Å². The first-order valence-corrected chi connectivity index (χ1v) is 9.01. The molecular weight excluding hydrogens is 328 g/mol. The first-order valence-electron chi connectivity index (χ1n) is 7.57. The minimum atomic E-state index is -3.68. The Balaban J connectivity index is 1.97. The Labute approximate surface area is 140 Å². The molecule has 0 aliphatic heterocycles. The van der Waals surface area contributed by atoms with E-state index in [9.17, 15) is 13.2 Å². The first kappa shape index (κ1) is 16.5. The average Bonchev–Trinajstić information content (AvgIpc) is 2.89. The zero-order valence-electron chi connectivity index (χ0n) is 13.5. The minimum Gasteiger partial charge on any atom is -0.408 e. The summed E-state index contributed by atoms with van der Waals surface area (Å²) in [6.45, 7) is 2.56. The van der Waals surface area contributed by atoms with Crippen LogP contribution in [0.4, 0.5) is 0 Å². The van der Waals surface area contributed by atoms with Crippen molar-refractivity contribution in [2.24, 2.45) is 0 Å². The summed E-state index contributed by atoms with van der Waals surface area (Å²) in [6.07, 6.45) is 0. The summed E-state index contributed by atoms with van der Waals surface area (Å²) in [5.74, 6) is -0.486. The van der Waals surface area contributed by atoms with E-state index >= 15 is 0 Å². The van der Waals surface area contributed by atoms with Crippen LogP contribution in [-0.4, -0.2) is 24.3 Å². The van der Waals surface area contributed by atoms with Gasteiger partial charge in [-0.2, -0.15) is 4.31 Å². The number of oxazole rings is 1. The molecule has 0 fully saturated rings. The molecule has 0 radical (unpaired) electrons. The smallest absolute Gasteiger partial charge is 0.408 e. The van der Waals surface area contributed by atoms with E-state index in [1.165, 1.54) is 28.1 Å². The molecule has 0 saturated heterocycles. The maximum Gasteiger partial charge on any atom is 0.419 e. The standard InChI is InChI=1S/C17H18N2O4S/c1-3-19-15-10-9-14(11-16(15)23-17(19)20)24(21,22)18(2)12-13-7-5-4-6-8-13/h4-11H,3,12H2,1-2H3. The molecule has 6 nitrogen and oxygen atoms in total. The highest BCUT2D eigenvalue weighted by molar-refractivity contribution is 7.89. The molecule has 0 N–H and O–H groups in total. The van der Waals surface area contributed by atoms with Gasteiger partial charge in [0.15, 0.2) is 5.58 Å². The molecule has 0 spiro atoms. The van der Waals surface area contributed by atoms with E-state index in [1.807, 2.05) is 37.3 Å². The second kappa shape index (κ2) is 6.26. The Morgan fingerprint density at radius 1 is 1.12 bits per heavy atom. The quantitative estimate of drug-likeness (QED) is 0.711. The summed E-state index contributed by atoms with van der Waals surface area (Å²) >= 11 is 0. The number of hydrogen-bond acceptors (Lipinski definition) is 4. The number of rotatable bonds is 5. The van der Waals surface area contributed by atoms with E-state index < -0.39 is 15.8 Å². The van der Waals surface area contributed by atoms with Crippen LogP contribution in [0.5, 0.6) is 0 Å². The Kier molecular flexibility index (Phi) is 4.29. The first-order chi connectivity index (χ1) is 11.4. The molecule has 1 aromatic heterocycles. The van der Waals surface area contributed by atoms with Crippen molar-refractivity contribution in [1.82, 2.24) is 8.87 Å². The summed E-state index contributed by atoms with van der Waals surface area (Å²) in [5.41, 5.74) is 1.76. The van der Waals surface area contributed by atoms with E-state index in [2.05, 4.69) is 0 Å². The van der Waals surface area contributed by atoms with Crippen LogP contribution in [0.1, 0.15) is 12.5 Å². The predicted octanol–water partition coefficient (Wildman–Crippen LogP) is 2.44. The molecule has 0 aliphatic carbocycles. The molecule has 126 valence electrons. The highest BCUT2D eigenvalue weighted by Crippen LogP contribution is 2.22. The van der Waals surface area contributed by atoms with Gasteiger partial charge in [-0.15, -0.1) is 0 Å². The Hall–Kier alpha value is -2.38. The molecule has 0 atom stereocenters. The van der Waals surface area contributed by atoms with Crippen LogP contribution in [0.15, 0.2) is 62.6 Å². The second-order valence-electron chi connectivity index (χ2n) is 5.49. The van der Waals surface area contributed by atoms with Crippen LogP contribution in [-0.2, 0) is 23.1 Å². The molecule has 0 amide bonds. The van der Waals surface area contributed by atoms with Gasteiger partial charge in [0.25, 0.3) is 0 Å². The van der Waals surface area contributed by atoms with Crippen molar-refractivity contribution < 1.29 is 12.8 Å². The number of aryl methyl sites for hydroxylation is 1. The lowest BCUT2D eigenvalue weighted by molar-refractivity contribution is 0.466. The molecule has 2 aromatic carbocycles. The van der Waals surface area contributed by atoms with Crippen LogP contribution >= 0.6 is 0 Å². The van der Waals surface area contributed by atoms with E-state index in [0.29, 0.717) is 12.1 Å². The van der Waals surface area contributed by atoms with Crippen LogP contribution in [0.3, 0.4) is 0 Å². The summed E-state index contributed by atoms with van der Waals surface area (Å²) in [4.78, 5) is 11.8. The molecule has 3 rings (SSSR count). The lowest BCUT2D eigenvalue weighted by Gasteiger charge is -2.17.